The highest BCUT2D eigenvalue weighted by Gasteiger charge is 2.20. The van der Waals surface area contributed by atoms with E-state index < -0.39 is 0 Å². The van der Waals surface area contributed by atoms with Gasteiger partial charge in [0, 0.05) is 48.9 Å². The zero-order chi connectivity index (χ0) is 15.0. The lowest BCUT2D eigenvalue weighted by Crippen LogP contribution is -2.32. The first-order valence-corrected chi connectivity index (χ1v) is 7.45. The number of anilines is 1. The second-order valence-corrected chi connectivity index (χ2v) is 5.94. The van der Waals surface area contributed by atoms with Crippen LogP contribution in [0.5, 0.6) is 0 Å². The van der Waals surface area contributed by atoms with Gasteiger partial charge in [0.25, 0.3) is 0 Å². The molecular formula is C16H21N5. The van der Waals surface area contributed by atoms with Crippen molar-refractivity contribution in [2.24, 2.45) is 0 Å². The summed E-state index contributed by atoms with van der Waals surface area (Å²) in [6.45, 7) is 9.99. The molecule has 0 aliphatic carbocycles. The fraction of sp³-hybridized carbons (Fsp3) is 0.500. The van der Waals surface area contributed by atoms with Gasteiger partial charge in [-0.25, -0.2) is 19.9 Å². The van der Waals surface area contributed by atoms with E-state index in [1.165, 1.54) is 11.3 Å². The summed E-state index contributed by atoms with van der Waals surface area (Å²) in [5, 5.41) is 0. The minimum absolute atomic E-state index is 0.340. The van der Waals surface area contributed by atoms with E-state index in [2.05, 4.69) is 39.8 Å². The van der Waals surface area contributed by atoms with E-state index in [0.29, 0.717) is 5.92 Å². The Morgan fingerprint density at radius 1 is 1.14 bits per heavy atom. The van der Waals surface area contributed by atoms with Crippen LogP contribution in [0.2, 0.25) is 0 Å². The van der Waals surface area contributed by atoms with Crippen LogP contribution >= 0.6 is 0 Å². The van der Waals surface area contributed by atoms with E-state index in [4.69, 9.17) is 4.98 Å². The van der Waals surface area contributed by atoms with Gasteiger partial charge >= 0.3 is 0 Å². The van der Waals surface area contributed by atoms with Crippen molar-refractivity contribution < 1.29 is 0 Å². The Kier molecular flexibility index (Phi) is 3.57. The average molecular weight is 283 g/mol. The number of rotatable bonds is 2. The van der Waals surface area contributed by atoms with Crippen LogP contribution in [-0.2, 0) is 13.0 Å². The first kappa shape index (κ1) is 13.9. The van der Waals surface area contributed by atoms with Crippen molar-refractivity contribution in [2.75, 3.05) is 11.4 Å². The molecular weight excluding hydrogens is 262 g/mol. The lowest BCUT2D eigenvalue weighted by molar-refractivity contribution is 0.678. The summed E-state index contributed by atoms with van der Waals surface area (Å²) in [4.78, 5) is 20.4. The van der Waals surface area contributed by atoms with E-state index >= 15 is 0 Å². The van der Waals surface area contributed by atoms with Crippen LogP contribution < -0.4 is 4.90 Å². The van der Waals surface area contributed by atoms with Crippen LogP contribution in [0.25, 0.3) is 0 Å². The van der Waals surface area contributed by atoms with Crippen molar-refractivity contribution in [2.45, 2.75) is 46.6 Å². The molecule has 0 fully saturated rings. The molecule has 0 aromatic carbocycles. The average Bonchev–Trinajstić information content (AvgIpc) is 2.46. The third kappa shape index (κ3) is 2.86. The summed E-state index contributed by atoms with van der Waals surface area (Å²) in [6.07, 6.45) is 2.89. The highest BCUT2D eigenvalue weighted by molar-refractivity contribution is 5.43. The molecule has 0 amide bonds. The highest BCUT2D eigenvalue weighted by Crippen LogP contribution is 2.23. The molecule has 2 aromatic rings. The molecule has 1 aliphatic heterocycles. The number of hydrogen-bond donors (Lipinski definition) is 0. The third-order valence-electron chi connectivity index (χ3n) is 3.75. The molecule has 0 radical (unpaired) electrons. The second kappa shape index (κ2) is 5.39. The van der Waals surface area contributed by atoms with Gasteiger partial charge < -0.3 is 4.90 Å². The summed E-state index contributed by atoms with van der Waals surface area (Å²) in [5.74, 6) is 3.11. The first-order valence-electron chi connectivity index (χ1n) is 7.45. The van der Waals surface area contributed by atoms with Crippen molar-refractivity contribution in [1.29, 1.82) is 0 Å². The van der Waals surface area contributed by atoms with Crippen LogP contribution in [0.15, 0.2) is 12.3 Å². The molecule has 0 bridgehead atoms. The maximum Gasteiger partial charge on any atom is 0.133 e. The predicted octanol–water partition coefficient (Wildman–Crippen LogP) is 2.57. The smallest absolute Gasteiger partial charge is 0.133 e. The topological polar surface area (TPSA) is 54.8 Å². The molecule has 0 atom stereocenters. The van der Waals surface area contributed by atoms with E-state index in [1.807, 2.05) is 20.0 Å². The van der Waals surface area contributed by atoms with Gasteiger partial charge in [-0.3, -0.25) is 0 Å². The van der Waals surface area contributed by atoms with E-state index in [-0.39, 0.29) is 0 Å². The number of aromatic nitrogens is 4. The van der Waals surface area contributed by atoms with Crippen molar-refractivity contribution in [1.82, 2.24) is 19.9 Å². The molecule has 3 heterocycles. The number of hydrogen-bond acceptors (Lipinski definition) is 5. The Labute approximate surface area is 125 Å². The number of fused-ring (bicyclic) bond motifs is 1. The molecule has 0 unspecified atom stereocenters. The summed E-state index contributed by atoms with van der Waals surface area (Å²) in [6, 6.07) is 2.06. The number of nitrogens with zero attached hydrogens (tertiary/aromatic N) is 5. The Hall–Kier alpha value is -2.04. The normalized spacial score (nSPS) is 14.4. The minimum atomic E-state index is 0.340. The maximum atomic E-state index is 4.72. The lowest BCUT2D eigenvalue weighted by Gasteiger charge is -2.29. The van der Waals surface area contributed by atoms with Gasteiger partial charge in [-0.2, -0.15) is 0 Å². The zero-order valence-corrected chi connectivity index (χ0v) is 13.1. The van der Waals surface area contributed by atoms with Gasteiger partial charge in [0.15, 0.2) is 0 Å². The van der Waals surface area contributed by atoms with E-state index in [0.717, 1.165) is 42.7 Å². The Balaban J connectivity index is 1.91. The summed E-state index contributed by atoms with van der Waals surface area (Å²) >= 11 is 0. The van der Waals surface area contributed by atoms with Gasteiger partial charge in [-0.1, -0.05) is 13.8 Å². The number of aryl methyl sites for hydroxylation is 2. The lowest BCUT2D eigenvalue weighted by atomic mass is 10.1. The highest BCUT2D eigenvalue weighted by atomic mass is 15.2. The summed E-state index contributed by atoms with van der Waals surface area (Å²) in [7, 11) is 0. The van der Waals surface area contributed by atoms with Gasteiger partial charge in [0.2, 0.25) is 0 Å². The van der Waals surface area contributed by atoms with Crippen LogP contribution in [-0.4, -0.2) is 26.5 Å². The van der Waals surface area contributed by atoms with Crippen molar-refractivity contribution in [3.8, 4) is 0 Å². The second-order valence-electron chi connectivity index (χ2n) is 5.94. The van der Waals surface area contributed by atoms with Gasteiger partial charge in [-0.15, -0.1) is 0 Å². The monoisotopic (exact) mass is 283 g/mol. The zero-order valence-electron chi connectivity index (χ0n) is 13.1. The van der Waals surface area contributed by atoms with Gasteiger partial charge in [0.05, 0.1) is 5.69 Å². The fourth-order valence-corrected chi connectivity index (χ4v) is 2.61. The van der Waals surface area contributed by atoms with Gasteiger partial charge in [-0.05, 0) is 13.8 Å². The van der Waals surface area contributed by atoms with Crippen LogP contribution in [0.1, 0.15) is 48.4 Å². The Morgan fingerprint density at radius 3 is 2.71 bits per heavy atom. The molecule has 3 rings (SSSR count). The molecule has 5 heteroatoms. The van der Waals surface area contributed by atoms with E-state index in [1.54, 1.807) is 0 Å². The Morgan fingerprint density at radius 2 is 1.95 bits per heavy atom. The molecule has 110 valence electrons. The molecule has 1 aliphatic rings. The Bertz CT molecular complexity index is 666. The molecule has 5 nitrogen and oxygen atoms in total. The quantitative estimate of drug-likeness (QED) is 0.848. The molecule has 21 heavy (non-hydrogen) atoms. The van der Waals surface area contributed by atoms with Crippen molar-refractivity contribution >= 4 is 5.82 Å². The third-order valence-corrected chi connectivity index (χ3v) is 3.75. The fourth-order valence-electron chi connectivity index (χ4n) is 2.61. The van der Waals surface area contributed by atoms with Crippen LogP contribution in [0.4, 0.5) is 5.82 Å². The van der Waals surface area contributed by atoms with Crippen LogP contribution in [0, 0.1) is 13.8 Å². The van der Waals surface area contributed by atoms with Gasteiger partial charge in [0.1, 0.15) is 17.5 Å². The summed E-state index contributed by atoms with van der Waals surface area (Å²) < 4.78 is 0. The molecule has 0 saturated heterocycles. The van der Waals surface area contributed by atoms with E-state index in [9.17, 15) is 0 Å². The molecule has 2 aromatic heterocycles. The molecule has 0 spiro atoms. The molecule has 0 N–H and O–H groups in total. The largest absolute Gasteiger partial charge is 0.352 e. The van der Waals surface area contributed by atoms with Crippen LogP contribution in [0.3, 0.4) is 0 Å². The SMILES string of the molecule is Cc1cc(N2CCc3nc(C)ncc3C2)nc(C(C)C)n1. The summed E-state index contributed by atoms with van der Waals surface area (Å²) in [5.41, 5.74) is 3.40. The minimum Gasteiger partial charge on any atom is -0.352 e. The predicted molar refractivity (Wildman–Crippen MR) is 82.4 cm³/mol. The maximum absolute atomic E-state index is 4.72. The standard InChI is InChI=1S/C16H21N5/c1-10(2)16-18-11(3)7-15(20-16)21-6-5-14-13(9-21)8-17-12(4)19-14/h7-8,10H,5-6,9H2,1-4H3. The molecule has 0 saturated carbocycles. The first-order chi connectivity index (χ1) is 10.0. The van der Waals surface area contributed by atoms with Crippen molar-refractivity contribution in [3.05, 3.63) is 40.9 Å². The van der Waals surface area contributed by atoms with Crippen molar-refractivity contribution in [3.63, 3.8) is 0 Å².